The summed E-state index contributed by atoms with van der Waals surface area (Å²) in [5.41, 5.74) is 8.80. The topological polar surface area (TPSA) is 73.4 Å². The fraction of sp³-hybridized carbons (Fsp3) is 0.529. The van der Waals surface area contributed by atoms with Crippen LogP contribution in [0.2, 0.25) is 0 Å². The maximum atomic E-state index is 13.0. The molecule has 0 radical (unpaired) electrons. The molecule has 0 bridgehead atoms. The third-order valence-corrected chi connectivity index (χ3v) is 4.31. The lowest BCUT2D eigenvalue weighted by atomic mass is 10.0. The first-order valence-electron chi connectivity index (χ1n) is 8.16. The number of hydrogen-bond donors (Lipinski definition) is 1. The third kappa shape index (κ3) is 2.84. The summed E-state index contributed by atoms with van der Waals surface area (Å²) in [6, 6.07) is 3.77. The van der Waals surface area contributed by atoms with Gasteiger partial charge >= 0.3 is 0 Å². The number of nitrogens with two attached hydrogens (primary N) is 1. The second kappa shape index (κ2) is 6.29. The van der Waals surface area contributed by atoms with Gasteiger partial charge in [0.1, 0.15) is 0 Å². The average Bonchev–Trinajstić information content (AvgIpc) is 2.55. The molecule has 0 saturated carbocycles. The Morgan fingerprint density at radius 2 is 2.04 bits per heavy atom. The minimum atomic E-state index is -0.167. The van der Waals surface area contributed by atoms with E-state index in [1.807, 2.05) is 32.9 Å². The molecule has 2 N–H and O–H groups in total. The quantitative estimate of drug-likeness (QED) is 0.931. The van der Waals surface area contributed by atoms with Gasteiger partial charge in [-0.3, -0.25) is 9.36 Å². The van der Waals surface area contributed by atoms with Gasteiger partial charge in [-0.25, -0.2) is 4.98 Å². The van der Waals surface area contributed by atoms with Gasteiger partial charge < -0.3 is 15.4 Å². The molecule has 1 aliphatic heterocycles. The molecule has 0 amide bonds. The molecular weight excluding hydrogens is 292 g/mol. The summed E-state index contributed by atoms with van der Waals surface area (Å²) in [5, 5.41) is 0.649. The van der Waals surface area contributed by atoms with Crippen molar-refractivity contribution in [2.24, 2.45) is 5.73 Å². The Hall–Kier alpha value is -1.92. The van der Waals surface area contributed by atoms with Crippen molar-refractivity contribution in [1.82, 2.24) is 9.55 Å². The van der Waals surface area contributed by atoms with E-state index in [2.05, 4.69) is 4.90 Å². The Kier molecular flexibility index (Phi) is 4.37. The molecule has 1 aromatic carbocycles. The van der Waals surface area contributed by atoms with Crippen LogP contribution in [0.3, 0.4) is 0 Å². The number of benzene rings is 1. The van der Waals surface area contributed by atoms with E-state index in [1.165, 1.54) is 0 Å². The zero-order chi connectivity index (χ0) is 16.6. The molecule has 2 heterocycles. The average molecular weight is 316 g/mol. The summed E-state index contributed by atoms with van der Waals surface area (Å²) < 4.78 is 7.16. The van der Waals surface area contributed by atoms with Crippen LogP contribution in [-0.2, 0) is 11.3 Å². The maximum absolute atomic E-state index is 13.0. The number of ether oxygens (including phenoxy) is 1. The summed E-state index contributed by atoms with van der Waals surface area (Å²) in [6.45, 7) is 9.29. The van der Waals surface area contributed by atoms with E-state index in [0.717, 1.165) is 35.7 Å². The number of aryl methyl sites for hydroxylation is 1. The summed E-state index contributed by atoms with van der Waals surface area (Å²) in [7, 11) is 0. The Morgan fingerprint density at radius 1 is 1.35 bits per heavy atom. The van der Waals surface area contributed by atoms with Crippen molar-refractivity contribution in [3.63, 3.8) is 0 Å². The monoisotopic (exact) mass is 316 g/mol. The zero-order valence-electron chi connectivity index (χ0n) is 14.0. The number of anilines is 1. The molecule has 0 spiro atoms. The second-order valence-electron chi connectivity index (χ2n) is 6.10. The van der Waals surface area contributed by atoms with Crippen LogP contribution in [0.5, 0.6) is 0 Å². The van der Waals surface area contributed by atoms with E-state index in [0.29, 0.717) is 25.1 Å². The number of morpholine rings is 1. The van der Waals surface area contributed by atoms with Crippen molar-refractivity contribution in [3.8, 4) is 0 Å². The van der Waals surface area contributed by atoms with Crippen LogP contribution in [0.25, 0.3) is 10.9 Å². The Morgan fingerprint density at radius 3 is 2.65 bits per heavy atom. The van der Waals surface area contributed by atoms with Crippen LogP contribution in [0.1, 0.15) is 31.0 Å². The molecule has 1 atom stereocenters. The standard InChI is InChI=1S/C17H24N4O2/c1-4-21-16(22)14-10-11(2)9-13(12(3)18)15(14)19-17(21)20-5-7-23-8-6-20/h9-10,12H,4-8,18H2,1-3H3. The van der Waals surface area contributed by atoms with Crippen LogP contribution in [0.15, 0.2) is 16.9 Å². The van der Waals surface area contributed by atoms with E-state index < -0.39 is 0 Å². The smallest absolute Gasteiger partial charge is 0.262 e. The van der Waals surface area contributed by atoms with Crippen LogP contribution in [-0.4, -0.2) is 35.9 Å². The number of aromatic nitrogens is 2. The number of nitrogens with zero attached hydrogens (tertiary/aromatic N) is 3. The fourth-order valence-corrected chi connectivity index (χ4v) is 3.13. The molecule has 1 aliphatic rings. The predicted octanol–water partition coefficient (Wildman–Crippen LogP) is 1.58. The van der Waals surface area contributed by atoms with Gasteiger partial charge in [-0.15, -0.1) is 0 Å². The van der Waals surface area contributed by atoms with Crippen molar-refractivity contribution in [2.75, 3.05) is 31.2 Å². The number of hydrogen-bond acceptors (Lipinski definition) is 5. The third-order valence-electron chi connectivity index (χ3n) is 4.31. The van der Waals surface area contributed by atoms with Gasteiger partial charge in [0.25, 0.3) is 5.56 Å². The Labute approximate surface area is 135 Å². The van der Waals surface area contributed by atoms with E-state index in [9.17, 15) is 4.79 Å². The molecule has 2 aromatic rings. The molecule has 1 aromatic heterocycles. The second-order valence-corrected chi connectivity index (χ2v) is 6.10. The molecular formula is C17H24N4O2. The maximum Gasteiger partial charge on any atom is 0.262 e. The minimum absolute atomic E-state index is 0.00425. The van der Waals surface area contributed by atoms with Crippen molar-refractivity contribution in [3.05, 3.63) is 33.6 Å². The molecule has 1 fully saturated rings. The van der Waals surface area contributed by atoms with Gasteiger partial charge in [0.05, 0.1) is 24.1 Å². The highest BCUT2D eigenvalue weighted by molar-refractivity contribution is 5.83. The van der Waals surface area contributed by atoms with Crippen LogP contribution >= 0.6 is 0 Å². The molecule has 124 valence electrons. The molecule has 1 saturated heterocycles. The zero-order valence-corrected chi connectivity index (χ0v) is 14.0. The van der Waals surface area contributed by atoms with Gasteiger partial charge in [-0.2, -0.15) is 0 Å². The van der Waals surface area contributed by atoms with Crippen LogP contribution in [0, 0.1) is 6.92 Å². The minimum Gasteiger partial charge on any atom is -0.378 e. The Balaban J connectivity index is 2.30. The van der Waals surface area contributed by atoms with Gasteiger partial charge in [0.15, 0.2) is 0 Å². The van der Waals surface area contributed by atoms with E-state index in [-0.39, 0.29) is 11.6 Å². The van der Waals surface area contributed by atoms with Gasteiger partial charge in [-0.05, 0) is 38.0 Å². The lowest BCUT2D eigenvalue weighted by molar-refractivity contribution is 0.121. The largest absolute Gasteiger partial charge is 0.378 e. The number of rotatable bonds is 3. The first-order chi connectivity index (χ1) is 11.0. The predicted molar refractivity (Wildman–Crippen MR) is 92.0 cm³/mol. The van der Waals surface area contributed by atoms with Gasteiger partial charge in [-0.1, -0.05) is 6.07 Å². The fourth-order valence-electron chi connectivity index (χ4n) is 3.13. The van der Waals surface area contributed by atoms with Crippen molar-refractivity contribution in [2.45, 2.75) is 33.4 Å². The van der Waals surface area contributed by atoms with Crippen LogP contribution in [0.4, 0.5) is 5.95 Å². The number of fused-ring (bicyclic) bond motifs is 1. The van der Waals surface area contributed by atoms with E-state index in [1.54, 1.807) is 4.57 Å². The highest BCUT2D eigenvalue weighted by Crippen LogP contribution is 2.24. The highest BCUT2D eigenvalue weighted by Gasteiger charge is 2.20. The lowest BCUT2D eigenvalue weighted by Crippen LogP contribution is -2.40. The van der Waals surface area contributed by atoms with Crippen molar-refractivity contribution in [1.29, 1.82) is 0 Å². The summed E-state index contributed by atoms with van der Waals surface area (Å²) in [4.78, 5) is 19.9. The lowest BCUT2D eigenvalue weighted by Gasteiger charge is -2.30. The summed E-state index contributed by atoms with van der Waals surface area (Å²) in [6.07, 6.45) is 0. The first-order valence-corrected chi connectivity index (χ1v) is 8.16. The van der Waals surface area contributed by atoms with Crippen molar-refractivity contribution >= 4 is 16.9 Å². The molecule has 0 aliphatic carbocycles. The normalized spacial score (nSPS) is 16.8. The van der Waals surface area contributed by atoms with Gasteiger partial charge in [0, 0.05) is 25.7 Å². The van der Waals surface area contributed by atoms with Crippen LogP contribution < -0.4 is 16.2 Å². The first kappa shape index (κ1) is 16.0. The molecule has 1 unspecified atom stereocenters. The van der Waals surface area contributed by atoms with Crippen molar-refractivity contribution < 1.29 is 4.74 Å². The molecule has 6 heteroatoms. The molecule has 23 heavy (non-hydrogen) atoms. The Bertz CT molecular complexity index is 776. The SMILES string of the molecule is CCn1c(N2CCOCC2)nc2c(C(C)N)cc(C)cc2c1=O. The molecule has 3 rings (SSSR count). The van der Waals surface area contributed by atoms with E-state index >= 15 is 0 Å². The highest BCUT2D eigenvalue weighted by atomic mass is 16.5. The molecule has 6 nitrogen and oxygen atoms in total. The summed E-state index contributed by atoms with van der Waals surface area (Å²) >= 11 is 0. The van der Waals surface area contributed by atoms with E-state index in [4.69, 9.17) is 15.5 Å². The van der Waals surface area contributed by atoms with Gasteiger partial charge in [0.2, 0.25) is 5.95 Å². The summed E-state index contributed by atoms with van der Waals surface area (Å²) in [5.74, 6) is 0.721.